The maximum absolute atomic E-state index is 10.8. The fourth-order valence-electron chi connectivity index (χ4n) is 1.03. The second-order valence-electron chi connectivity index (χ2n) is 2.79. The predicted octanol–water partition coefficient (Wildman–Crippen LogP) is 1.72. The molecule has 16 heavy (non-hydrogen) atoms. The van der Waals surface area contributed by atoms with Crippen LogP contribution in [0.15, 0.2) is 10.5 Å². The molecule has 86 valence electrons. The van der Waals surface area contributed by atoms with Crippen molar-refractivity contribution in [2.45, 2.75) is 6.92 Å². The van der Waals surface area contributed by atoms with E-state index in [1.165, 1.54) is 20.1 Å². The van der Waals surface area contributed by atoms with Gasteiger partial charge in [-0.25, -0.2) is 0 Å². The lowest BCUT2D eigenvalue weighted by Crippen LogP contribution is -2.09. The van der Waals surface area contributed by atoms with Crippen LogP contribution in [0.4, 0.5) is 11.5 Å². The Balaban J connectivity index is 3.30. The first kappa shape index (κ1) is 12.4. The van der Waals surface area contributed by atoms with Gasteiger partial charge in [0.2, 0.25) is 5.91 Å². The van der Waals surface area contributed by atoms with E-state index in [0.29, 0.717) is 4.47 Å². The van der Waals surface area contributed by atoms with Gasteiger partial charge in [-0.1, -0.05) is 0 Å². The summed E-state index contributed by atoms with van der Waals surface area (Å²) in [6, 6.07) is 1.37. The van der Waals surface area contributed by atoms with Crippen molar-refractivity contribution in [3.8, 4) is 5.88 Å². The van der Waals surface area contributed by atoms with E-state index in [9.17, 15) is 14.9 Å². The molecule has 1 rings (SSSR count). The number of halogens is 1. The molecule has 8 heteroatoms. The third kappa shape index (κ3) is 2.66. The largest absolute Gasteiger partial charge is 0.462 e. The lowest BCUT2D eigenvalue weighted by Gasteiger charge is -2.05. The number of amides is 1. The molecule has 0 aliphatic rings. The van der Waals surface area contributed by atoms with Gasteiger partial charge in [0.1, 0.15) is 10.2 Å². The van der Waals surface area contributed by atoms with Crippen LogP contribution < -0.4 is 10.1 Å². The highest BCUT2D eigenvalue weighted by Gasteiger charge is 2.22. The van der Waals surface area contributed by atoms with Crippen LogP contribution in [-0.4, -0.2) is 22.9 Å². The number of carbonyl (C=O) groups is 1. The molecule has 0 saturated carbocycles. The van der Waals surface area contributed by atoms with Gasteiger partial charge in [0.15, 0.2) is 0 Å². The monoisotopic (exact) mass is 289 g/mol. The Kier molecular flexibility index (Phi) is 3.78. The van der Waals surface area contributed by atoms with Gasteiger partial charge in [0.25, 0.3) is 0 Å². The molecule has 1 N–H and O–H groups in total. The average molecular weight is 290 g/mol. The Hall–Kier alpha value is -1.70. The number of pyridine rings is 1. The van der Waals surface area contributed by atoms with Crippen molar-refractivity contribution < 1.29 is 14.5 Å². The summed E-state index contributed by atoms with van der Waals surface area (Å²) in [5, 5.41) is 13.0. The van der Waals surface area contributed by atoms with Crippen LogP contribution in [0.5, 0.6) is 5.88 Å². The van der Waals surface area contributed by atoms with Crippen molar-refractivity contribution in [3.63, 3.8) is 0 Å². The Morgan fingerprint density at radius 3 is 2.75 bits per heavy atom. The standard InChI is InChI=1S/C8H8BrN3O4/c1-4(13)10-6-3-5(9)8(16-2)11-7(6)12(14)15/h3H,1-2H3,(H,10,13). The quantitative estimate of drug-likeness (QED) is 0.675. The Bertz CT molecular complexity index is 449. The maximum Gasteiger partial charge on any atom is 0.391 e. The zero-order valence-electron chi connectivity index (χ0n) is 8.48. The molecular weight excluding hydrogens is 282 g/mol. The minimum Gasteiger partial charge on any atom is -0.462 e. The van der Waals surface area contributed by atoms with Crippen LogP contribution in [0.2, 0.25) is 0 Å². The number of rotatable bonds is 3. The second kappa shape index (κ2) is 4.88. The molecule has 0 unspecified atom stereocenters. The molecule has 0 radical (unpaired) electrons. The molecule has 0 saturated heterocycles. The van der Waals surface area contributed by atoms with Gasteiger partial charge in [0, 0.05) is 11.9 Å². The number of ether oxygens (including phenoxy) is 1. The van der Waals surface area contributed by atoms with Crippen molar-refractivity contribution in [1.82, 2.24) is 4.98 Å². The van der Waals surface area contributed by atoms with E-state index in [2.05, 4.69) is 26.2 Å². The summed E-state index contributed by atoms with van der Waals surface area (Å²) in [5.74, 6) is -0.794. The zero-order chi connectivity index (χ0) is 12.3. The Labute approximate surface area is 99.1 Å². The Morgan fingerprint density at radius 2 is 2.31 bits per heavy atom. The van der Waals surface area contributed by atoms with Crippen molar-refractivity contribution in [1.29, 1.82) is 0 Å². The molecule has 0 spiro atoms. The molecule has 1 amide bonds. The number of nitrogens with zero attached hydrogens (tertiary/aromatic N) is 2. The van der Waals surface area contributed by atoms with Crippen molar-refractivity contribution in [3.05, 3.63) is 20.7 Å². The topological polar surface area (TPSA) is 94.4 Å². The molecule has 7 nitrogen and oxygen atoms in total. The highest BCUT2D eigenvalue weighted by molar-refractivity contribution is 9.10. The van der Waals surface area contributed by atoms with Gasteiger partial charge in [-0.05, 0) is 26.9 Å². The summed E-state index contributed by atoms with van der Waals surface area (Å²) >= 11 is 3.12. The smallest absolute Gasteiger partial charge is 0.391 e. The lowest BCUT2D eigenvalue weighted by molar-refractivity contribution is -0.388. The molecule has 1 aromatic heterocycles. The number of hydrogen-bond donors (Lipinski definition) is 1. The van der Waals surface area contributed by atoms with Crippen LogP contribution in [0, 0.1) is 10.1 Å². The number of methoxy groups -OCH3 is 1. The third-order valence-electron chi connectivity index (χ3n) is 1.60. The summed E-state index contributed by atoms with van der Waals surface area (Å²) in [6.07, 6.45) is 0. The van der Waals surface area contributed by atoms with Gasteiger partial charge in [0.05, 0.1) is 7.11 Å². The molecule has 0 bridgehead atoms. The minimum absolute atomic E-state index is 0.0187. The number of anilines is 1. The highest BCUT2D eigenvalue weighted by Crippen LogP contribution is 2.32. The zero-order valence-corrected chi connectivity index (χ0v) is 10.1. The molecule has 1 aromatic rings. The van der Waals surface area contributed by atoms with E-state index in [1.54, 1.807) is 0 Å². The Morgan fingerprint density at radius 1 is 1.69 bits per heavy atom. The first-order chi connectivity index (χ1) is 7.45. The number of nitrogens with one attached hydrogen (secondary N) is 1. The molecule has 0 aliphatic carbocycles. The second-order valence-corrected chi connectivity index (χ2v) is 3.64. The fourth-order valence-corrected chi connectivity index (χ4v) is 1.51. The highest BCUT2D eigenvalue weighted by atomic mass is 79.9. The van der Waals surface area contributed by atoms with Gasteiger partial charge in [-0.15, -0.1) is 0 Å². The van der Waals surface area contributed by atoms with Crippen LogP contribution in [0.25, 0.3) is 0 Å². The van der Waals surface area contributed by atoms with Crippen LogP contribution in [0.1, 0.15) is 6.92 Å². The number of carbonyl (C=O) groups excluding carboxylic acids is 1. The molecule has 0 aliphatic heterocycles. The summed E-state index contributed by atoms with van der Waals surface area (Å²) in [4.78, 5) is 24.5. The predicted molar refractivity (Wildman–Crippen MR) is 59.4 cm³/mol. The van der Waals surface area contributed by atoms with E-state index >= 15 is 0 Å². The van der Waals surface area contributed by atoms with Gasteiger partial charge in [-0.2, -0.15) is 0 Å². The third-order valence-corrected chi connectivity index (χ3v) is 2.17. The van der Waals surface area contributed by atoms with Crippen LogP contribution in [0.3, 0.4) is 0 Å². The molecular formula is C8H8BrN3O4. The van der Waals surface area contributed by atoms with Crippen molar-refractivity contribution in [2.75, 3.05) is 12.4 Å². The van der Waals surface area contributed by atoms with Gasteiger partial charge < -0.3 is 20.2 Å². The van der Waals surface area contributed by atoms with E-state index in [1.807, 2.05) is 0 Å². The summed E-state index contributed by atoms with van der Waals surface area (Å²) in [5.41, 5.74) is 0.0187. The average Bonchev–Trinajstić information content (AvgIpc) is 2.16. The molecule has 0 aromatic carbocycles. The number of hydrogen-bond acceptors (Lipinski definition) is 5. The van der Waals surface area contributed by atoms with E-state index < -0.39 is 16.6 Å². The number of nitro groups is 1. The van der Waals surface area contributed by atoms with Crippen LogP contribution in [-0.2, 0) is 4.79 Å². The van der Waals surface area contributed by atoms with Gasteiger partial charge in [-0.3, -0.25) is 4.79 Å². The SMILES string of the molecule is COc1nc([N+](=O)[O-])c(NC(C)=O)cc1Br. The van der Waals surface area contributed by atoms with E-state index in [-0.39, 0.29) is 11.6 Å². The summed E-state index contributed by atoms with van der Waals surface area (Å²) < 4.78 is 5.24. The first-order valence-corrected chi connectivity index (χ1v) is 4.91. The lowest BCUT2D eigenvalue weighted by atomic mass is 10.3. The van der Waals surface area contributed by atoms with Crippen molar-refractivity contribution >= 4 is 33.3 Å². The minimum atomic E-state index is -0.694. The van der Waals surface area contributed by atoms with Crippen molar-refractivity contribution in [2.24, 2.45) is 0 Å². The first-order valence-electron chi connectivity index (χ1n) is 4.12. The summed E-state index contributed by atoms with van der Waals surface area (Å²) in [7, 11) is 1.34. The molecule has 1 heterocycles. The summed E-state index contributed by atoms with van der Waals surface area (Å²) in [6.45, 7) is 1.25. The number of aromatic nitrogens is 1. The normalized spacial score (nSPS) is 9.69. The van der Waals surface area contributed by atoms with Gasteiger partial charge >= 0.3 is 11.7 Å². The fraction of sp³-hybridized carbons (Fsp3) is 0.250. The maximum atomic E-state index is 10.8. The van der Waals surface area contributed by atoms with E-state index in [4.69, 9.17) is 4.74 Å². The van der Waals surface area contributed by atoms with Crippen LogP contribution >= 0.6 is 15.9 Å². The molecule has 0 atom stereocenters. The van der Waals surface area contributed by atoms with E-state index in [0.717, 1.165) is 0 Å². The molecule has 0 fully saturated rings.